The molecule has 5 heteroatoms. The topological polar surface area (TPSA) is 56.3 Å². The summed E-state index contributed by atoms with van der Waals surface area (Å²) < 4.78 is 11.4. The molecule has 3 rings (SSSR count). The van der Waals surface area contributed by atoms with E-state index in [0.717, 1.165) is 46.4 Å². The monoisotopic (exact) mass is 285 g/mol. The Morgan fingerprint density at radius 3 is 2.57 bits per heavy atom. The molecule has 2 aromatic rings. The van der Waals surface area contributed by atoms with Crippen molar-refractivity contribution < 1.29 is 9.47 Å². The summed E-state index contributed by atoms with van der Waals surface area (Å²) in [5, 5.41) is 3.11. The minimum Gasteiger partial charge on any atom is -0.490 e. The van der Waals surface area contributed by atoms with Crippen molar-refractivity contribution in [1.29, 1.82) is 0 Å². The quantitative estimate of drug-likeness (QED) is 0.919. The predicted molar refractivity (Wildman–Crippen MR) is 82.1 cm³/mol. The average molecular weight is 285 g/mol. The van der Waals surface area contributed by atoms with Crippen LogP contribution in [0.1, 0.15) is 17.8 Å². The number of rotatable bonds is 2. The van der Waals surface area contributed by atoms with Gasteiger partial charge < -0.3 is 14.8 Å². The highest BCUT2D eigenvalue weighted by atomic mass is 16.5. The molecule has 5 nitrogen and oxygen atoms in total. The third kappa shape index (κ3) is 2.63. The Kier molecular flexibility index (Phi) is 3.64. The number of fused-ring (bicyclic) bond motifs is 1. The molecule has 21 heavy (non-hydrogen) atoms. The summed E-state index contributed by atoms with van der Waals surface area (Å²) in [6.07, 6.45) is 0.902. The van der Waals surface area contributed by atoms with Gasteiger partial charge >= 0.3 is 0 Å². The van der Waals surface area contributed by atoms with E-state index in [1.54, 1.807) is 0 Å². The number of aryl methyl sites for hydroxylation is 1. The first-order valence-electron chi connectivity index (χ1n) is 7.12. The Morgan fingerprint density at radius 1 is 1.05 bits per heavy atom. The second kappa shape index (κ2) is 5.60. The molecule has 0 saturated heterocycles. The number of benzene rings is 1. The van der Waals surface area contributed by atoms with Gasteiger partial charge in [-0.05, 0) is 32.0 Å². The molecular formula is C16H19N3O2. The first-order valence-corrected chi connectivity index (χ1v) is 7.12. The lowest BCUT2D eigenvalue weighted by atomic mass is 10.1. The molecule has 1 aliphatic heterocycles. The summed E-state index contributed by atoms with van der Waals surface area (Å²) in [6.45, 7) is 5.29. The van der Waals surface area contributed by atoms with E-state index in [2.05, 4.69) is 15.3 Å². The van der Waals surface area contributed by atoms with Crippen molar-refractivity contribution in [2.45, 2.75) is 20.3 Å². The SMILES string of the molecule is CNc1nc(C)nc(-c2ccc3c(c2)OCCCO3)c1C. The average Bonchev–Trinajstić information content (AvgIpc) is 2.73. The summed E-state index contributed by atoms with van der Waals surface area (Å²) in [5.74, 6) is 3.18. The highest BCUT2D eigenvalue weighted by molar-refractivity contribution is 5.70. The maximum atomic E-state index is 5.75. The van der Waals surface area contributed by atoms with Crippen molar-refractivity contribution in [2.75, 3.05) is 25.6 Å². The Labute approximate surface area is 124 Å². The number of anilines is 1. The molecular weight excluding hydrogens is 266 g/mol. The van der Waals surface area contributed by atoms with Gasteiger partial charge in [0.25, 0.3) is 0 Å². The Morgan fingerprint density at radius 2 is 1.81 bits per heavy atom. The van der Waals surface area contributed by atoms with Gasteiger partial charge in [-0.25, -0.2) is 9.97 Å². The second-order valence-corrected chi connectivity index (χ2v) is 5.06. The zero-order chi connectivity index (χ0) is 14.8. The molecule has 0 amide bonds. The zero-order valence-electron chi connectivity index (χ0n) is 12.6. The van der Waals surface area contributed by atoms with Gasteiger partial charge in [-0.2, -0.15) is 0 Å². The molecule has 0 radical (unpaired) electrons. The van der Waals surface area contributed by atoms with Crippen molar-refractivity contribution in [3.05, 3.63) is 29.6 Å². The Bertz CT molecular complexity index is 671. The van der Waals surface area contributed by atoms with E-state index in [-0.39, 0.29) is 0 Å². The number of nitrogens with zero attached hydrogens (tertiary/aromatic N) is 2. The van der Waals surface area contributed by atoms with Gasteiger partial charge in [0.2, 0.25) is 0 Å². The molecule has 1 aromatic heterocycles. The number of aromatic nitrogens is 2. The minimum absolute atomic E-state index is 0.681. The molecule has 2 heterocycles. The van der Waals surface area contributed by atoms with E-state index in [0.29, 0.717) is 13.2 Å². The van der Waals surface area contributed by atoms with E-state index in [4.69, 9.17) is 9.47 Å². The number of nitrogens with one attached hydrogen (secondary N) is 1. The van der Waals surface area contributed by atoms with Crippen LogP contribution in [0.4, 0.5) is 5.82 Å². The van der Waals surface area contributed by atoms with Crippen LogP contribution >= 0.6 is 0 Å². The first kappa shape index (κ1) is 13.7. The fourth-order valence-electron chi connectivity index (χ4n) is 2.46. The summed E-state index contributed by atoms with van der Waals surface area (Å²) in [6, 6.07) is 5.96. The number of hydrogen-bond acceptors (Lipinski definition) is 5. The maximum absolute atomic E-state index is 5.75. The van der Waals surface area contributed by atoms with Gasteiger partial charge in [-0.3, -0.25) is 0 Å². The third-order valence-corrected chi connectivity index (χ3v) is 3.52. The van der Waals surface area contributed by atoms with Gasteiger partial charge in [-0.1, -0.05) is 0 Å². The predicted octanol–water partition coefficient (Wildman–Crippen LogP) is 2.96. The first-order chi connectivity index (χ1) is 10.2. The lowest BCUT2D eigenvalue weighted by Crippen LogP contribution is -2.03. The minimum atomic E-state index is 0.681. The molecule has 0 aliphatic carbocycles. The van der Waals surface area contributed by atoms with Crippen LogP contribution in [0.25, 0.3) is 11.3 Å². The third-order valence-electron chi connectivity index (χ3n) is 3.52. The number of ether oxygens (including phenoxy) is 2. The van der Waals surface area contributed by atoms with Gasteiger partial charge in [0, 0.05) is 24.6 Å². The number of hydrogen-bond donors (Lipinski definition) is 1. The lowest BCUT2D eigenvalue weighted by molar-refractivity contribution is 0.297. The van der Waals surface area contributed by atoms with Crippen molar-refractivity contribution in [1.82, 2.24) is 9.97 Å². The van der Waals surface area contributed by atoms with Crippen LogP contribution in [-0.2, 0) is 0 Å². The molecule has 1 aromatic carbocycles. The highest BCUT2D eigenvalue weighted by Gasteiger charge is 2.15. The molecule has 1 N–H and O–H groups in total. The van der Waals surface area contributed by atoms with E-state index >= 15 is 0 Å². The summed E-state index contributed by atoms with van der Waals surface area (Å²) >= 11 is 0. The summed E-state index contributed by atoms with van der Waals surface area (Å²) in [5.41, 5.74) is 2.96. The molecule has 110 valence electrons. The Balaban J connectivity index is 2.09. The molecule has 0 atom stereocenters. The van der Waals surface area contributed by atoms with E-state index < -0.39 is 0 Å². The van der Waals surface area contributed by atoms with Crippen LogP contribution in [0.15, 0.2) is 18.2 Å². The van der Waals surface area contributed by atoms with E-state index in [1.807, 2.05) is 39.1 Å². The van der Waals surface area contributed by atoms with Crippen LogP contribution in [0, 0.1) is 13.8 Å². The summed E-state index contributed by atoms with van der Waals surface area (Å²) in [4.78, 5) is 8.98. The fraction of sp³-hybridized carbons (Fsp3) is 0.375. The van der Waals surface area contributed by atoms with Crippen LogP contribution in [0.2, 0.25) is 0 Å². The van der Waals surface area contributed by atoms with Crippen LogP contribution < -0.4 is 14.8 Å². The molecule has 0 saturated carbocycles. The van der Waals surface area contributed by atoms with Crippen molar-refractivity contribution in [3.63, 3.8) is 0 Å². The molecule has 0 fully saturated rings. The van der Waals surface area contributed by atoms with Crippen molar-refractivity contribution in [2.24, 2.45) is 0 Å². The smallest absolute Gasteiger partial charge is 0.161 e. The van der Waals surface area contributed by atoms with E-state index in [9.17, 15) is 0 Å². The maximum Gasteiger partial charge on any atom is 0.161 e. The molecule has 0 spiro atoms. The lowest BCUT2D eigenvalue weighted by Gasteiger charge is -2.13. The van der Waals surface area contributed by atoms with Gasteiger partial charge in [-0.15, -0.1) is 0 Å². The molecule has 1 aliphatic rings. The van der Waals surface area contributed by atoms with Crippen LogP contribution in [-0.4, -0.2) is 30.2 Å². The summed E-state index contributed by atoms with van der Waals surface area (Å²) in [7, 11) is 1.87. The molecule has 0 unspecified atom stereocenters. The van der Waals surface area contributed by atoms with Gasteiger partial charge in [0.1, 0.15) is 11.6 Å². The largest absolute Gasteiger partial charge is 0.490 e. The second-order valence-electron chi connectivity index (χ2n) is 5.06. The Hall–Kier alpha value is -2.30. The molecule has 0 bridgehead atoms. The highest BCUT2D eigenvalue weighted by Crippen LogP contribution is 2.35. The standard InChI is InChI=1S/C16H19N3O2/c1-10-15(18-11(2)19-16(10)17-3)12-5-6-13-14(9-12)21-8-4-7-20-13/h5-6,9H,4,7-8H2,1-3H3,(H,17,18,19). The van der Waals surface area contributed by atoms with Gasteiger partial charge in [0.05, 0.1) is 18.9 Å². The normalized spacial score (nSPS) is 13.7. The fourth-order valence-corrected chi connectivity index (χ4v) is 2.46. The van der Waals surface area contributed by atoms with Gasteiger partial charge in [0.15, 0.2) is 11.5 Å². The van der Waals surface area contributed by atoms with Crippen molar-refractivity contribution >= 4 is 5.82 Å². The zero-order valence-corrected chi connectivity index (χ0v) is 12.6. The van der Waals surface area contributed by atoms with E-state index in [1.165, 1.54) is 0 Å². The van der Waals surface area contributed by atoms with Crippen LogP contribution in [0.3, 0.4) is 0 Å². The van der Waals surface area contributed by atoms with Crippen molar-refractivity contribution in [3.8, 4) is 22.8 Å². The van der Waals surface area contributed by atoms with Crippen LogP contribution in [0.5, 0.6) is 11.5 Å².